The van der Waals surface area contributed by atoms with Gasteiger partial charge in [-0.2, -0.15) is 0 Å². The first-order valence-corrected chi connectivity index (χ1v) is 24.2. The average Bonchev–Trinajstić information content (AvgIpc) is 4.01. The largest absolute Gasteiger partial charge is 0.457 e. The molecule has 0 radical (unpaired) electrons. The van der Waals surface area contributed by atoms with Crippen molar-refractivity contribution >= 4 is 52.7 Å². The zero-order valence-electron chi connectivity index (χ0n) is 40.7. The SMILES string of the molecule is COC[C@@H]1NC(=O)[C@H](C)N(Cc2ccc(Cl)cc2Oc2ccc(-c3cnc(CN(C)C)n3C)cc2)C(=O)C[C@@H](Cc2ccccc2)C(=O)N(C)[C@H]2C[C@H]2NC(=O)C[C@H](Cc2ccc(Cl)cc2)N(C)C1=O. The van der Waals surface area contributed by atoms with Crippen LogP contribution in [0.3, 0.4) is 0 Å². The number of halogens is 2. The molecule has 2 aliphatic rings. The second kappa shape index (κ2) is 23.1. The zero-order chi connectivity index (χ0) is 50.2. The number of hydrogen-bond acceptors (Lipinski definition) is 9. The van der Waals surface area contributed by atoms with Crippen LogP contribution >= 0.6 is 23.2 Å². The van der Waals surface area contributed by atoms with Gasteiger partial charge in [-0.25, -0.2) is 4.98 Å². The number of fused-ring (bicyclic) bond motifs is 1. The number of nitrogens with one attached hydrogen (secondary N) is 2. The van der Waals surface area contributed by atoms with Gasteiger partial charge >= 0.3 is 0 Å². The smallest absolute Gasteiger partial charge is 0.247 e. The number of ether oxygens (including phenoxy) is 2. The van der Waals surface area contributed by atoms with Gasteiger partial charge in [0.25, 0.3) is 0 Å². The van der Waals surface area contributed by atoms with Crippen molar-refractivity contribution in [1.82, 2.24) is 39.8 Å². The summed E-state index contributed by atoms with van der Waals surface area (Å²) in [6, 6.07) is 25.6. The fourth-order valence-corrected chi connectivity index (χ4v) is 9.24. The van der Waals surface area contributed by atoms with Gasteiger partial charge in [0.15, 0.2) is 0 Å². The van der Waals surface area contributed by atoms with Crippen molar-refractivity contribution in [2.45, 2.75) is 82.3 Å². The lowest BCUT2D eigenvalue weighted by atomic mass is 9.93. The van der Waals surface area contributed by atoms with E-state index in [-0.39, 0.29) is 56.3 Å². The number of carbonyl (C=O) groups is 5. The van der Waals surface area contributed by atoms with Gasteiger partial charge in [-0.1, -0.05) is 71.7 Å². The summed E-state index contributed by atoms with van der Waals surface area (Å²) in [7, 11) is 10.7. The topological polar surface area (TPSA) is 159 Å². The van der Waals surface area contributed by atoms with E-state index in [4.69, 9.17) is 32.7 Å². The van der Waals surface area contributed by atoms with Gasteiger partial charge in [0.2, 0.25) is 29.5 Å². The number of likely N-dealkylation sites (N-methyl/N-ethyl adjacent to an activating group) is 2. The van der Waals surface area contributed by atoms with Gasteiger partial charge < -0.3 is 44.3 Å². The van der Waals surface area contributed by atoms with E-state index in [1.54, 1.807) is 56.3 Å². The number of benzene rings is 4. The first-order valence-electron chi connectivity index (χ1n) is 23.4. The summed E-state index contributed by atoms with van der Waals surface area (Å²) < 4.78 is 14.0. The minimum Gasteiger partial charge on any atom is -0.457 e. The summed E-state index contributed by atoms with van der Waals surface area (Å²) in [5, 5.41) is 6.89. The second-order valence-electron chi connectivity index (χ2n) is 18.6. The van der Waals surface area contributed by atoms with Crippen molar-refractivity contribution in [2.24, 2.45) is 13.0 Å². The third-order valence-electron chi connectivity index (χ3n) is 13.1. The Morgan fingerprint density at radius 2 is 1.47 bits per heavy atom. The molecule has 1 aliphatic carbocycles. The van der Waals surface area contributed by atoms with Crippen LogP contribution in [-0.4, -0.2) is 131 Å². The van der Waals surface area contributed by atoms with E-state index in [9.17, 15) is 19.2 Å². The normalized spacial score (nSPS) is 21.8. The summed E-state index contributed by atoms with van der Waals surface area (Å²) in [4.78, 5) is 83.7. The first-order chi connectivity index (χ1) is 33.5. The van der Waals surface area contributed by atoms with E-state index < -0.39 is 41.8 Å². The van der Waals surface area contributed by atoms with Crippen LogP contribution in [0.5, 0.6) is 11.5 Å². The molecule has 5 aromatic rings. The molecule has 4 aromatic carbocycles. The molecule has 1 saturated heterocycles. The van der Waals surface area contributed by atoms with Gasteiger partial charge in [-0.05, 0) is 99.9 Å². The summed E-state index contributed by atoms with van der Waals surface area (Å²) in [6.45, 7) is 1.97. The van der Waals surface area contributed by atoms with Gasteiger partial charge in [0.1, 0.15) is 29.4 Å². The van der Waals surface area contributed by atoms with Crippen molar-refractivity contribution in [3.63, 3.8) is 0 Å². The molecule has 0 spiro atoms. The van der Waals surface area contributed by atoms with Crippen LogP contribution in [0.4, 0.5) is 0 Å². The number of hydrogen-bond donors (Lipinski definition) is 2. The molecule has 2 heterocycles. The number of amides is 5. The fraction of sp³-hybridized carbons (Fsp3) is 0.396. The standard InChI is InChI=1S/C53H62Cl2N8O7/c1-33-51(66)58-44(32-69-7)53(68)60(4)41(24-35-13-18-39(54)19-14-35)27-49(64)57-43-28-45(43)62(6)52(67)38(23-34-11-9-8-10-12-34)25-50(65)63(33)30-37-15-20-40(55)26-47(37)70-42-21-16-36(17-22-42)46-29-56-48(61(46)5)31-59(2)3/h8-22,26,29,33,38,41,43-45H,23-25,27-28,30-32H2,1-7H3,(H,57,64)(H,58,66)/t33-,38+,41-,43+,44-,45-/m0/s1. The molecule has 0 unspecified atom stereocenters. The third kappa shape index (κ3) is 12.9. The van der Waals surface area contributed by atoms with Crippen LogP contribution in [0, 0.1) is 5.92 Å². The van der Waals surface area contributed by atoms with E-state index in [0.717, 1.165) is 28.2 Å². The van der Waals surface area contributed by atoms with E-state index in [1.807, 2.05) is 94.1 Å². The van der Waals surface area contributed by atoms with Gasteiger partial charge in [0.05, 0.1) is 49.6 Å². The van der Waals surface area contributed by atoms with E-state index in [1.165, 1.54) is 16.9 Å². The number of rotatable bonds is 13. The van der Waals surface area contributed by atoms with Crippen molar-refractivity contribution in [2.75, 3.05) is 41.9 Å². The highest BCUT2D eigenvalue weighted by Gasteiger charge is 2.45. The number of methoxy groups -OCH3 is 1. The molecule has 5 amide bonds. The van der Waals surface area contributed by atoms with Crippen LogP contribution in [0.15, 0.2) is 103 Å². The molecule has 1 saturated carbocycles. The monoisotopic (exact) mass is 992 g/mol. The number of nitrogens with zero attached hydrogens (tertiary/aromatic N) is 6. The van der Waals surface area contributed by atoms with Crippen LogP contribution in [0.1, 0.15) is 48.7 Å². The molecule has 2 fully saturated rings. The Morgan fingerprint density at radius 1 is 0.786 bits per heavy atom. The summed E-state index contributed by atoms with van der Waals surface area (Å²) in [6.07, 6.45) is 2.63. The van der Waals surface area contributed by atoms with Crippen LogP contribution in [-0.2, 0) is 61.7 Å². The Kier molecular flexibility index (Phi) is 17.0. The molecule has 0 bridgehead atoms. The predicted molar refractivity (Wildman–Crippen MR) is 269 cm³/mol. The molecule has 70 heavy (non-hydrogen) atoms. The van der Waals surface area contributed by atoms with E-state index in [2.05, 4.69) is 25.1 Å². The lowest BCUT2D eigenvalue weighted by Gasteiger charge is -2.34. The first kappa shape index (κ1) is 51.6. The van der Waals surface area contributed by atoms with Gasteiger partial charge in [-0.15, -0.1) is 0 Å². The number of carbonyl (C=O) groups excluding carboxylic acids is 5. The van der Waals surface area contributed by atoms with Crippen molar-refractivity contribution in [3.05, 3.63) is 136 Å². The van der Waals surface area contributed by atoms with Crippen LogP contribution in [0.2, 0.25) is 10.0 Å². The molecular formula is C53H62Cl2N8O7. The van der Waals surface area contributed by atoms with E-state index >= 15 is 4.79 Å². The minimum atomic E-state index is -1.19. The molecule has 6 atom stereocenters. The third-order valence-corrected chi connectivity index (χ3v) is 13.6. The summed E-state index contributed by atoms with van der Waals surface area (Å²) >= 11 is 12.8. The van der Waals surface area contributed by atoms with Crippen molar-refractivity contribution < 1.29 is 33.4 Å². The Morgan fingerprint density at radius 3 is 2.16 bits per heavy atom. The van der Waals surface area contributed by atoms with Crippen molar-refractivity contribution in [1.29, 1.82) is 0 Å². The van der Waals surface area contributed by atoms with E-state index in [0.29, 0.717) is 46.5 Å². The molecule has 2 N–H and O–H groups in total. The van der Waals surface area contributed by atoms with Crippen molar-refractivity contribution in [3.8, 4) is 22.8 Å². The lowest BCUT2D eigenvalue weighted by Crippen LogP contribution is -2.57. The summed E-state index contributed by atoms with van der Waals surface area (Å²) in [5.74, 6) is -1.19. The molecule has 370 valence electrons. The number of aromatic nitrogens is 2. The quantitative estimate of drug-likeness (QED) is 0.134. The second-order valence-corrected chi connectivity index (χ2v) is 19.5. The maximum atomic E-state index is 15.0. The maximum Gasteiger partial charge on any atom is 0.247 e. The molecule has 1 aromatic heterocycles. The Hall–Kier alpha value is -6.26. The maximum absolute atomic E-state index is 15.0. The molecule has 1 aliphatic heterocycles. The Balaban J connectivity index is 1.22. The Labute approximate surface area is 420 Å². The Bertz CT molecular complexity index is 2650. The highest BCUT2D eigenvalue weighted by atomic mass is 35.5. The minimum absolute atomic E-state index is 0.0490. The highest BCUT2D eigenvalue weighted by molar-refractivity contribution is 6.31. The van der Waals surface area contributed by atoms with Gasteiger partial charge in [0, 0.05) is 68.3 Å². The molecular weight excluding hydrogens is 932 g/mol. The van der Waals surface area contributed by atoms with Crippen LogP contribution in [0.25, 0.3) is 11.3 Å². The average molecular weight is 994 g/mol. The van der Waals surface area contributed by atoms with Gasteiger partial charge in [-0.3, -0.25) is 24.0 Å². The predicted octanol–water partition coefficient (Wildman–Crippen LogP) is 6.53. The number of imidazole rings is 1. The molecule has 15 nitrogen and oxygen atoms in total. The van der Waals surface area contributed by atoms with Crippen LogP contribution < -0.4 is 15.4 Å². The molecule has 17 heteroatoms. The fourth-order valence-electron chi connectivity index (χ4n) is 8.95. The highest BCUT2D eigenvalue weighted by Crippen LogP contribution is 2.34. The summed E-state index contributed by atoms with van der Waals surface area (Å²) in [5.41, 5.74) is 4.12. The lowest BCUT2D eigenvalue weighted by molar-refractivity contribution is -0.146. The molecule has 7 rings (SSSR count). The zero-order valence-corrected chi connectivity index (χ0v) is 42.2.